The summed E-state index contributed by atoms with van der Waals surface area (Å²) < 4.78 is 21.2. The third-order valence-electron chi connectivity index (χ3n) is 4.60. The van der Waals surface area contributed by atoms with Crippen molar-refractivity contribution in [1.82, 2.24) is 5.32 Å². The number of amides is 1. The molecule has 2 heterocycles. The van der Waals surface area contributed by atoms with E-state index >= 15 is 0 Å². The summed E-state index contributed by atoms with van der Waals surface area (Å²) in [5.41, 5.74) is 0. The molecule has 0 aromatic heterocycles. The summed E-state index contributed by atoms with van der Waals surface area (Å²) in [6.07, 6.45) is -12.4. The van der Waals surface area contributed by atoms with Crippen LogP contribution in [0.5, 0.6) is 0 Å². The van der Waals surface area contributed by atoms with E-state index in [4.69, 9.17) is 18.9 Å². The summed E-state index contributed by atoms with van der Waals surface area (Å²) in [6, 6.07) is -1.25. The van der Waals surface area contributed by atoms with E-state index in [9.17, 15) is 35.4 Å². The molecule has 0 bridgehead atoms. The van der Waals surface area contributed by atoms with Crippen LogP contribution in [0.3, 0.4) is 0 Å². The molecule has 0 aromatic carbocycles. The van der Waals surface area contributed by atoms with Crippen LogP contribution in [-0.2, 0) is 23.7 Å². The van der Waals surface area contributed by atoms with Gasteiger partial charge in [0, 0.05) is 14.0 Å². The fourth-order valence-corrected chi connectivity index (χ4v) is 3.15. The smallest absolute Gasteiger partial charge is 0.217 e. The molecule has 0 unspecified atom stereocenters. The highest BCUT2D eigenvalue weighted by atomic mass is 16.7. The summed E-state index contributed by atoms with van der Waals surface area (Å²) in [7, 11) is 1.25. The van der Waals surface area contributed by atoms with Crippen LogP contribution in [0.4, 0.5) is 0 Å². The first-order chi connectivity index (χ1) is 12.7. The zero-order chi connectivity index (χ0) is 20.3. The van der Waals surface area contributed by atoms with Crippen LogP contribution < -0.4 is 5.32 Å². The molecule has 2 aliphatic heterocycles. The summed E-state index contributed by atoms with van der Waals surface area (Å²) in [5.74, 6) is -0.554. The van der Waals surface area contributed by atoms with Crippen LogP contribution in [0.25, 0.3) is 0 Å². The van der Waals surface area contributed by atoms with Crippen molar-refractivity contribution >= 4 is 5.91 Å². The zero-order valence-electron chi connectivity index (χ0n) is 14.9. The minimum absolute atomic E-state index is 0.554. The van der Waals surface area contributed by atoms with Crippen molar-refractivity contribution < 1.29 is 54.4 Å². The Hall–Kier alpha value is -0.930. The SMILES string of the molecule is CO[C@H]1O[C@H](CO)[C@H](O)[C@H](O[C@@H]2O[C@H](CO)[C@H](O)[C@H](O)[C@@H]2NC(C)=O)[C@H]1O. The summed E-state index contributed by atoms with van der Waals surface area (Å²) in [5, 5.41) is 61.9. The number of nitrogens with one attached hydrogen (secondary N) is 1. The maximum absolute atomic E-state index is 11.4. The van der Waals surface area contributed by atoms with Crippen LogP contribution in [0.15, 0.2) is 0 Å². The molecule has 0 saturated carbocycles. The largest absolute Gasteiger partial charge is 0.394 e. The molecule has 12 heteroatoms. The molecule has 0 aromatic rings. The van der Waals surface area contributed by atoms with Crippen molar-refractivity contribution in [3.05, 3.63) is 0 Å². The molecule has 2 rings (SSSR count). The Morgan fingerprint density at radius 2 is 1.48 bits per heavy atom. The standard InChI is InChI=1S/C15H27NO11/c1-5(19)16-8-11(22)9(20)6(3-17)25-14(8)27-13-10(21)7(4-18)26-15(24-2)12(13)23/h6-15,17-18,20-23H,3-4H2,1-2H3,(H,16,19)/t6-,7-,8+,9+,10+,11-,12-,13+,14+,15+/m1/s1. The topological polar surface area (TPSA) is 187 Å². The van der Waals surface area contributed by atoms with Crippen LogP contribution in [0.2, 0.25) is 0 Å². The zero-order valence-corrected chi connectivity index (χ0v) is 14.9. The van der Waals surface area contributed by atoms with Gasteiger partial charge in [-0.1, -0.05) is 0 Å². The predicted molar refractivity (Wildman–Crippen MR) is 85.0 cm³/mol. The number of hydrogen-bond acceptors (Lipinski definition) is 11. The van der Waals surface area contributed by atoms with Gasteiger partial charge in [0.25, 0.3) is 0 Å². The summed E-state index contributed by atoms with van der Waals surface area (Å²) in [4.78, 5) is 11.4. The maximum atomic E-state index is 11.4. The second-order valence-electron chi connectivity index (χ2n) is 6.48. The van der Waals surface area contributed by atoms with Crippen molar-refractivity contribution in [2.24, 2.45) is 0 Å². The third kappa shape index (κ3) is 4.74. The van der Waals surface area contributed by atoms with Gasteiger partial charge in [0.15, 0.2) is 12.6 Å². The monoisotopic (exact) mass is 397 g/mol. The van der Waals surface area contributed by atoms with Gasteiger partial charge < -0.3 is 54.9 Å². The van der Waals surface area contributed by atoms with E-state index in [-0.39, 0.29) is 0 Å². The predicted octanol–water partition coefficient (Wildman–Crippen LogP) is -4.60. The van der Waals surface area contributed by atoms with Gasteiger partial charge in [-0.3, -0.25) is 4.79 Å². The van der Waals surface area contributed by atoms with Gasteiger partial charge in [-0.25, -0.2) is 0 Å². The summed E-state index contributed by atoms with van der Waals surface area (Å²) >= 11 is 0. The van der Waals surface area contributed by atoms with Crippen molar-refractivity contribution in [2.45, 2.75) is 68.3 Å². The van der Waals surface area contributed by atoms with E-state index in [0.29, 0.717) is 0 Å². The molecule has 0 radical (unpaired) electrons. The third-order valence-corrected chi connectivity index (χ3v) is 4.60. The van der Waals surface area contributed by atoms with Gasteiger partial charge in [-0.15, -0.1) is 0 Å². The first-order valence-electron chi connectivity index (χ1n) is 8.45. The molecule has 2 fully saturated rings. The number of methoxy groups -OCH3 is 1. The van der Waals surface area contributed by atoms with Crippen LogP contribution >= 0.6 is 0 Å². The van der Waals surface area contributed by atoms with E-state index in [2.05, 4.69) is 5.32 Å². The average Bonchev–Trinajstić information content (AvgIpc) is 2.64. The summed E-state index contributed by atoms with van der Waals surface area (Å²) in [6.45, 7) is -0.0617. The molecule has 0 aliphatic carbocycles. The highest BCUT2D eigenvalue weighted by Gasteiger charge is 2.51. The molecule has 12 nitrogen and oxygen atoms in total. The quantitative estimate of drug-likeness (QED) is 0.228. The lowest BCUT2D eigenvalue weighted by molar-refractivity contribution is -0.344. The van der Waals surface area contributed by atoms with Crippen molar-refractivity contribution in [2.75, 3.05) is 20.3 Å². The number of rotatable bonds is 6. The fraction of sp³-hybridized carbons (Fsp3) is 0.933. The molecule has 1 amide bonds. The number of ether oxygens (including phenoxy) is 4. The average molecular weight is 397 g/mol. The molecular formula is C15H27NO11. The maximum Gasteiger partial charge on any atom is 0.217 e. The number of carbonyl (C=O) groups excluding carboxylic acids is 1. The Balaban J connectivity index is 2.24. The van der Waals surface area contributed by atoms with E-state index in [1.54, 1.807) is 0 Å². The van der Waals surface area contributed by atoms with Gasteiger partial charge in [0.05, 0.1) is 13.2 Å². The van der Waals surface area contributed by atoms with Gasteiger partial charge in [-0.05, 0) is 0 Å². The van der Waals surface area contributed by atoms with E-state index in [1.165, 1.54) is 14.0 Å². The minimum atomic E-state index is -1.55. The Morgan fingerprint density at radius 1 is 0.926 bits per heavy atom. The highest BCUT2D eigenvalue weighted by Crippen LogP contribution is 2.29. The van der Waals surface area contributed by atoms with Crippen LogP contribution in [0, 0.1) is 0 Å². The molecule has 7 N–H and O–H groups in total. The Labute approximate surface area is 155 Å². The molecule has 158 valence electrons. The lowest BCUT2D eigenvalue weighted by atomic mass is 9.95. The molecular weight excluding hydrogens is 370 g/mol. The van der Waals surface area contributed by atoms with Gasteiger partial charge in [0.1, 0.15) is 48.8 Å². The van der Waals surface area contributed by atoms with E-state index in [1.807, 2.05) is 0 Å². The Bertz CT molecular complexity index is 478. The Morgan fingerprint density at radius 3 is 2.00 bits per heavy atom. The fourth-order valence-electron chi connectivity index (χ4n) is 3.15. The lowest BCUT2D eigenvalue weighted by Crippen LogP contribution is -2.67. The van der Waals surface area contributed by atoms with Crippen molar-refractivity contribution in [3.63, 3.8) is 0 Å². The molecule has 0 spiro atoms. The highest BCUT2D eigenvalue weighted by molar-refractivity contribution is 5.73. The first kappa shape index (κ1) is 22.4. The lowest BCUT2D eigenvalue weighted by Gasteiger charge is -2.46. The van der Waals surface area contributed by atoms with E-state index < -0.39 is 80.5 Å². The first-order valence-corrected chi connectivity index (χ1v) is 8.45. The van der Waals surface area contributed by atoms with Crippen molar-refractivity contribution in [3.8, 4) is 0 Å². The van der Waals surface area contributed by atoms with Gasteiger partial charge in [-0.2, -0.15) is 0 Å². The minimum Gasteiger partial charge on any atom is -0.394 e. The normalized spacial score (nSPS) is 45.5. The second kappa shape index (κ2) is 9.52. The second-order valence-corrected chi connectivity index (χ2v) is 6.48. The number of hydrogen-bond donors (Lipinski definition) is 7. The van der Waals surface area contributed by atoms with Crippen molar-refractivity contribution in [1.29, 1.82) is 0 Å². The molecule has 2 aliphatic rings. The number of carbonyl (C=O) groups is 1. The molecule has 2 saturated heterocycles. The van der Waals surface area contributed by atoms with Crippen LogP contribution in [0.1, 0.15) is 6.92 Å². The molecule has 10 atom stereocenters. The van der Waals surface area contributed by atoms with Gasteiger partial charge in [0.2, 0.25) is 5.91 Å². The number of aliphatic hydroxyl groups excluding tert-OH is 6. The van der Waals surface area contributed by atoms with E-state index in [0.717, 1.165) is 0 Å². The van der Waals surface area contributed by atoms with Gasteiger partial charge >= 0.3 is 0 Å². The molecule has 27 heavy (non-hydrogen) atoms. The van der Waals surface area contributed by atoms with Crippen LogP contribution in [-0.4, -0.2) is 118 Å². The number of aliphatic hydroxyl groups is 6. The Kier molecular flexibility index (Phi) is 7.88.